The maximum atomic E-state index is 14.2. The molecular formula is C37H34N4O8S. The van der Waals surface area contributed by atoms with Gasteiger partial charge in [0.15, 0.2) is 16.5 Å². The van der Waals surface area contributed by atoms with Crippen molar-refractivity contribution >= 4 is 45.4 Å². The quantitative estimate of drug-likeness (QED) is 0.113. The molecule has 4 aromatic rings. The summed E-state index contributed by atoms with van der Waals surface area (Å²) in [5.74, 6) is -9.43. The molecule has 13 heteroatoms. The topological polar surface area (TPSA) is 207 Å². The number of aromatic hydroxyl groups is 1. The first-order valence-electron chi connectivity index (χ1n) is 15.8. The van der Waals surface area contributed by atoms with Gasteiger partial charge in [-0.15, -0.1) is 11.3 Å². The largest absolute Gasteiger partial charge is 0.508 e. The van der Waals surface area contributed by atoms with Crippen LogP contribution in [-0.2, 0) is 14.4 Å². The van der Waals surface area contributed by atoms with Crippen molar-refractivity contribution in [2.24, 2.45) is 17.6 Å². The molecular weight excluding hydrogens is 660 g/mol. The molecule has 0 spiro atoms. The van der Waals surface area contributed by atoms with Crippen LogP contribution in [0.15, 0.2) is 89.0 Å². The van der Waals surface area contributed by atoms with Gasteiger partial charge in [0.2, 0.25) is 5.78 Å². The summed E-state index contributed by atoms with van der Waals surface area (Å²) in [6.45, 7) is 1.68. The summed E-state index contributed by atoms with van der Waals surface area (Å²) in [7, 11) is 2.92. The van der Waals surface area contributed by atoms with Crippen LogP contribution in [0.3, 0.4) is 0 Å². The Labute approximate surface area is 290 Å². The van der Waals surface area contributed by atoms with Crippen molar-refractivity contribution in [3.8, 4) is 28.1 Å². The monoisotopic (exact) mass is 694 g/mol. The zero-order valence-corrected chi connectivity index (χ0v) is 28.0. The molecule has 1 fully saturated rings. The van der Waals surface area contributed by atoms with E-state index in [-0.39, 0.29) is 11.3 Å². The van der Waals surface area contributed by atoms with Crippen LogP contribution in [0.5, 0.6) is 5.75 Å². The third-order valence-electron chi connectivity index (χ3n) is 10.2. The number of phenols is 1. The molecule has 3 aliphatic carbocycles. The molecule has 3 aromatic carbocycles. The number of fused-ring (bicyclic) bond motifs is 3. The SMILES string of the molecule is C[C@H]1c2ccc(Nc3nc(-c4ccc(-c5ccccc5)cc4)cs3)c(O)c2C(O)=C2C(=O)[C@]3(O)C(O)=C(C(N)=O)C(=O)[C@@H](N(C)C)[C@@H]3[C@@H](O)[C@@H]21. The summed E-state index contributed by atoms with van der Waals surface area (Å²) >= 11 is 1.29. The second-order valence-corrected chi connectivity index (χ2v) is 13.9. The fourth-order valence-electron chi connectivity index (χ4n) is 7.76. The predicted octanol–water partition coefficient (Wildman–Crippen LogP) is 4.03. The Balaban J connectivity index is 1.25. The fraction of sp³-hybridized carbons (Fsp3) is 0.243. The lowest BCUT2D eigenvalue weighted by Gasteiger charge is -2.53. The average Bonchev–Trinajstić information content (AvgIpc) is 3.56. The van der Waals surface area contributed by atoms with Gasteiger partial charge >= 0.3 is 0 Å². The molecule has 1 saturated carbocycles. The van der Waals surface area contributed by atoms with Crippen molar-refractivity contribution in [1.29, 1.82) is 0 Å². The summed E-state index contributed by atoms with van der Waals surface area (Å²) in [6, 6.07) is 19.7. The summed E-state index contributed by atoms with van der Waals surface area (Å²) in [5.41, 5.74) is 5.18. The Bertz CT molecular complexity index is 2140. The molecule has 8 N–H and O–H groups in total. The normalized spacial score (nSPS) is 26.1. The van der Waals surface area contributed by atoms with Gasteiger partial charge in [0, 0.05) is 22.4 Å². The molecule has 50 heavy (non-hydrogen) atoms. The third kappa shape index (κ3) is 4.76. The maximum Gasteiger partial charge on any atom is 0.255 e. The number of likely N-dealkylation sites (N-methyl/N-ethyl adjacent to an activating group) is 1. The smallest absolute Gasteiger partial charge is 0.255 e. The van der Waals surface area contributed by atoms with Gasteiger partial charge in [-0.3, -0.25) is 19.3 Å². The number of hydrogen-bond acceptors (Lipinski definition) is 12. The molecule has 1 amide bonds. The first kappa shape index (κ1) is 33.2. The number of carbonyl (C=O) groups is 3. The summed E-state index contributed by atoms with van der Waals surface area (Å²) in [4.78, 5) is 45.9. The number of aliphatic hydroxyl groups excluding tert-OH is 3. The van der Waals surface area contributed by atoms with E-state index in [1.54, 1.807) is 19.1 Å². The van der Waals surface area contributed by atoms with E-state index in [1.807, 2.05) is 60.0 Å². The molecule has 12 nitrogen and oxygen atoms in total. The Morgan fingerprint density at radius 1 is 0.960 bits per heavy atom. The standard InChI is InChI=1S/C37H34N4O8S/c1-16-20-13-14-21(39-36-40-22(15-50-36)19-11-9-18(10-12-19)17-7-5-4-6-8-17)29(42)24(20)30(43)25-23(16)31(44)27-28(41(2)3)32(45)26(35(38)48)34(47)37(27,49)33(25)46/h4-16,23,27-28,31,42-44,47,49H,1-3H3,(H2,38,48)(H,39,40)/t16-,23+,27+,28-,31-,37-/m0/s1. The van der Waals surface area contributed by atoms with Crippen LogP contribution < -0.4 is 11.1 Å². The number of ketones is 2. The maximum absolute atomic E-state index is 14.2. The second kappa shape index (κ2) is 11.9. The number of nitrogens with one attached hydrogen (secondary N) is 1. The minimum atomic E-state index is -2.98. The van der Waals surface area contributed by atoms with Crippen molar-refractivity contribution in [3.05, 3.63) is 100 Å². The highest BCUT2D eigenvalue weighted by atomic mass is 32.1. The molecule has 6 atom stereocenters. The van der Waals surface area contributed by atoms with E-state index in [1.165, 1.54) is 30.3 Å². The number of nitrogens with zero attached hydrogens (tertiary/aromatic N) is 2. The van der Waals surface area contributed by atoms with E-state index >= 15 is 0 Å². The van der Waals surface area contributed by atoms with Crippen LogP contribution in [0.4, 0.5) is 10.8 Å². The number of primary amides is 1. The molecule has 0 aliphatic heterocycles. The highest BCUT2D eigenvalue weighted by Gasteiger charge is 2.68. The molecule has 7 rings (SSSR count). The first-order chi connectivity index (χ1) is 23.8. The Morgan fingerprint density at radius 3 is 2.24 bits per heavy atom. The summed E-state index contributed by atoms with van der Waals surface area (Å²) in [6.07, 6.45) is -1.67. The van der Waals surface area contributed by atoms with E-state index < -0.39 is 81.4 Å². The van der Waals surface area contributed by atoms with E-state index in [0.717, 1.165) is 16.7 Å². The van der Waals surface area contributed by atoms with Crippen LogP contribution in [0.25, 0.3) is 28.1 Å². The number of carbonyl (C=O) groups excluding carboxylic acids is 3. The van der Waals surface area contributed by atoms with Gasteiger partial charge < -0.3 is 36.6 Å². The van der Waals surface area contributed by atoms with Crippen molar-refractivity contribution in [1.82, 2.24) is 9.88 Å². The van der Waals surface area contributed by atoms with E-state index in [4.69, 9.17) is 5.73 Å². The van der Waals surface area contributed by atoms with Gasteiger partial charge in [0.1, 0.15) is 22.8 Å². The van der Waals surface area contributed by atoms with Gasteiger partial charge in [-0.1, -0.05) is 67.6 Å². The molecule has 0 unspecified atom stereocenters. The predicted molar refractivity (Wildman–Crippen MR) is 187 cm³/mol. The Morgan fingerprint density at radius 2 is 1.60 bits per heavy atom. The van der Waals surface area contributed by atoms with Gasteiger partial charge in [-0.2, -0.15) is 0 Å². The zero-order valence-electron chi connectivity index (χ0n) is 27.2. The van der Waals surface area contributed by atoms with Gasteiger partial charge in [-0.05, 0) is 42.8 Å². The number of rotatable bonds is 6. The minimum absolute atomic E-state index is 0.112. The van der Waals surface area contributed by atoms with Crippen LogP contribution in [0.1, 0.15) is 24.0 Å². The number of thiazole rings is 1. The first-order valence-corrected chi connectivity index (χ1v) is 16.7. The number of aliphatic hydroxyl groups is 4. The summed E-state index contributed by atoms with van der Waals surface area (Å²) in [5, 5.41) is 63.3. The van der Waals surface area contributed by atoms with Gasteiger partial charge in [-0.25, -0.2) is 4.98 Å². The lowest BCUT2D eigenvalue weighted by Crippen LogP contribution is -2.70. The number of phenolic OH excluding ortho intramolecular Hbond substituents is 1. The van der Waals surface area contributed by atoms with Crippen LogP contribution in [0, 0.1) is 11.8 Å². The zero-order chi connectivity index (χ0) is 35.8. The molecule has 256 valence electrons. The Kier molecular flexibility index (Phi) is 7.90. The van der Waals surface area contributed by atoms with E-state index in [9.17, 15) is 39.9 Å². The van der Waals surface area contributed by atoms with Gasteiger partial charge in [0.05, 0.1) is 35.0 Å². The molecule has 1 heterocycles. The van der Waals surface area contributed by atoms with E-state index in [0.29, 0.717) is 16.4 Å². The molecule has 0 radical (unpaired) electrons. The highest BCUT2D eigenvalue weighted by molar-refractivity contribution is 7.14. The Hall–Kier alpha value is -5.34. The number of aromatic nitrogens is 1. The number of anilines is 2. The second-order valence-electron chi connectivity index (χ2n) is 13.1. The number of nitrogens with two attached hydrogens (primary N) is 1. The van der Waals surface area contributed by atoms with Crippen LogP contribution in [0.2, 0.25) is 0 Å². The number of hydrogen-bond donors (Lipinski definition) is 7. The lowest BCUT2D eigenvalue weighted by molar-refractivity contribution is -0.169. The average molecular weight is 695 g/mol. The van der Waals surface area contributed by atoms with Crippen molar-refractivity contribution in [2.75, 3.05) is 19.4 Å². The number of amides is 1. The van der Waals surface area contributed by atoms with E-state index in [2.05, 4.69) is 10.3 Å². The van der Waals surface area contributed by atoms with Crippen LogP contribution >= 0.6 is 11.3 Å². The third-order valence-corrected chi connectivity index (χ3v) is 10.9. The molecule has 1 aromatic heterocycles. The number of benzene rings is 3. The number of Topliss-reactive ketones (excluding diaryl/α,β-unsaturated/α-hetero) is 2. The fourth-order valence-corrected chi connectivity index (χ4v) is 8.49. The minimum Gasteiger partial charge on any atom is -0.508 e. The molecule has 3 aliphatic rings. The van der Waals surface area contributed by atoms with Crippen LogP contribution in [-0.4, -0.2) is 84.7 Å². The van der Waals surface area contributed by atoms with Crippen molar-refractivity contribution in [3.63, 3.8) is 0 Å². The van der Waals surface area contributed by atoms with Crippen molar-refractivity contribution in [2.45, 2.75) is 30.6 Å². The molecule has 0 saturated heterocycles. The lowest BCUT2D eigenvalue weighted by atomic mass is 9.54. The summed E-state index contributed by atoms with van der Waals surface area (Å²) < 4.78 is 0. The van der Waals surface area contributed by atoms with Crippen molar-refractivity contribution < 1.29 is 39.9 Å². The molecule has 0 bridgehead atoms. The van der Waals surface area contributed by atoms with Gasteiger partial charge in [0.25, 0.3) is 5.91 Å². The highest BCUT2D eigenvalue weighted by Crippen LogP contribution is 2.56.